The first kappa shape index (κ1) is 30.4. The van der Waals surface area contributed by atoms with Crippen LogP contribution in [0.2, 0.25) is 0 Å². The summed E-state index contributed by atoms with van der Waals surface area (Å²) < 4.78 is 90.1. The summed E-state index contributed by atoms with van der Waals surface area (Å²) in [4.78, 5) is 41.3. The number of hydrogen-bond acceptors (Lipinski definition) is 4. The third-order valence-electron chi connectivity index (χ3n) is 6.93. The summed E-state index contributed by atoms with van der Waals surface area (Å²) in [6.45, 7) is 0.867. The van der Waals surface area contributed by atoms with Crippen molar-refractivity contribution >= 4 is 17.6 Å². The van der Waals surface area contributed by atoms with Gasteiger partial charge in [0.15, 0.2) is 5.78 Å². The molecule has 0 aliphatic carbocycles. The summed E-state index contributed by atoms with van der Waals surface area (Å²) in [6.07, 6.45) is -10.4. The Hall–Kier alpha value is -4.61. The minimum atomic E-state index is -5.56. The minimum absolute atomic E-state index is 0.0788. The second-order valence-corrected chi connectivity index (χ2v) is 9.49. The van der Waals surface area contributed by atoms with Crippen LogP contribution in [0.25, 0.3) is 0 Å². The monoisotopic (exact) mass is 590 g/mol. The standard InChI is InChI=1S/C30H24F6N2O4/c1-18-24(25(39)20-7-4-3-5-8-20)28(30(34,35)36,37-26(40)21-9-6-10-22(17-21)29(31,32)33)27(41)38(18)16-15-19-11-13-23(42-2)14-12-19/h3-14,17H,15-16H2,1-2H3,(H,37,40)/t28-/m1/s1. The second kappa shape index (κ2) is 11.3. The maximum atomic E-state index is 15.1. The van der Waals surface area contributed by atoms with Gasteiger partial charge in [0, 0.05) is 23.4 Å². The largest absolute Gasteiger partial charge is 0.497 e. The second-order valence-electron chi connectivity index (χ2n) is 9.49. The average molecular weight is 591 g/mol. The Balaban J connectivity index is 1.81. The van der Waals surface area contributed by atoms with E-state index in [-0.39, 0.29) is 24.2 Å². The molecule has 0 aromatic heterocycles. The van der Waals surface area contributed by atoms with Gasteiger partial charge in [-0.3, -0.25) is 14.4 Å². The van der Waals surface area contributed by atoms with Gasteiger partial charge in [0.2, 0.25) is 5.54 Å². The Morgan fingerprint density at radius 3 is 2.07 bits per heavy atom. The quantitative estimate of drug-likeness (QED) is 0.259. The predicted molar refractivity (Wildman–Crippen MR) is 140 cm³/mol. The molecule has 3 aromatic carbocycles. The Labute approximate surface area is 236 Å². The smallest absolute Gasteiger partial charge is 0.425 e. The van der Waals surface area contributed by atoms with Gasteiger partial charge in [-0.1, -0.05) is 48.5 Å². The van der Waals surface area contributed by atoms with E-state index in [0.29, 0.717) is 23.4 Å². The van der Waals surface area contributed by atoms with E-state index in [1.165, 1.54) is 37.4 Å². The lowest BCUT2D eigenvalue weighted by Gasteiger charge is -2.33. The number of alkyl halides is 6. The lowest BCUT2D eigenvalue weighted by Crippen LogP contribution is -2.66. The molecule has 0 unspecified atom stereocenters. The highest BCUT2D eigenvalue weighted by molar-refractivity contribution is 6.19. The van der Waals surface area contributed by atoms with Crippen molar-refractivity contribution in [3.8, 4) is 5.75 Å². The molecule has 1 aliphatic heterocycles. The Morgan fingerprint density at radius 2 is 1.50 bits per heavy atom. The van der Waals surface area contributed by atoms with E-state index < -0.39 is 52.2 Å². The van der Waals surface area contributed by atoms with Crippen LogP contribution >= 0.6 is 0 Å². The van der Waals surface area contributed by atoms with Gasteiger partial charge in [0.05, 0.1) is 18.2 Å². The lowest BCUT2D eigenvalue weighted by molar-refractivity contribution is -0.189. The summed E-state index contributed by atoms with van der Waals surface area (Å²) in [7, 11) is 1.46. The molecule has 1 aliphatic rings. The number of halogens is 6. The molecule has 12 heteroatoms. The van der Waals surface area contributed by atoms with Crippen LogP contribution in [0.1, 0.15) is 38.8 Å². The predicted octanol–water partition coefficient (Wildman–Crippen LogP) is 5.99. The van der Waals surface area contributed by atoms with Crippen LogP contribution in [0.15, 0.2) is 90.1 Å². The zero-order valence-electron chi connectivity index (χ0n) is 22.3. The van der Waals surface area contributed by atoms with Gasteiger partial charge >= 0.3 is 12.4 Å². The highest BCUT2D eigenvalue weighted by Gasteiger charge is 2.70. The molecular weight excluding hydrogens is 566 g/mol. The number of hydrogen-bond donors (Lipinski definition) is 1. The summed E-state index contributed by atoms with van der Waals surface area (Å²) in [5.74, 6) is -3.90. The molecular formula is C30H24F6N2O4. The average Bonchev–Trinajstić information content (AvgIpc) is 3.17. The van der Waals surface area contributed by atoms with Gasteiger partial charge in [-0.2, -0.15) is 26.3 Å². The number of carbonyl (C=O) groups excluding carboxylic acids is 3. The molecule has 220 valence electrons. The molecule has 0 spiro atoms. The van der Waals surface area contributed by atoms with Crippen LogP contribution in [0, 0.1) is 0 Å². The van der Waals surface area contributed by atoms with E-state index in [1.54, 1.807) is 29.6 Å². The van der Waals surface area contributed by atoms with E-state index in [9.17, 15) is 27.6 Å². The summed E-state index contributed by atoms with van der Waals surface area (Å²) in [5.41, 5.74) is -6.84. The molecule has 0 fully saturated rings. The zero-order valence-corrected chi connectivity index (χ0v) is 22.3. The number of amides is 2. The van der Waals surface area contributed by atoms with Crippen LogP contribution in [0.5, 0.6) is 5.75 Å². The van der Waals surface area contributed by atoms with Crippen LogP contribution in [-0.2, 0) is 17.4 Å². The number of carbonyl (C=O) groups is 3. The third kappa shape index (κ3) is 5.61. The molecule has 0 saturated heterocycles. The number of nitrogens with one attached hydrogen (secondary N) is 1. The molecule has 42 heavy (non-hydrogen) atoms. The van der Waals surface area contributed by atoms with Gasteiger partial charge < -0.3 is 15.0 Å². The van der Waals surface area contributed by atoms with Crippen molar-refractivity contribution in [2.45, 2.75) is 31.2 Å². The molecule has 1 heterocycles. The molecule has 3 aromatic rings. The van der Waals surface area contributed by atoms with Crippen molar-refractivity contribution < 1.29 is 45.5 Å². The van der Waals surface area contributed by atoms with Crippen molar-refractivity contribution in [3.63, 3.8) is 0 Å². The van der Waals surface area contributed by atoms with Crippen LogP contribution in [0.4, 0.5) is 26.3 Å². The molecule has 2 amide bonds. The van der Waals surface area contributed by atoms with E-state index in [2.05, 4.69) is 0 Å². The van der Waals surface area contributed by atoms with E-state index in [4.69, 9.17) is 4.74 Å². The normalized spacial score (nSPS) is 17.4. The van der Waals surface area contributed by atoms with Crippen LogP contribution in [-0.4, -0.2) is 47.9 Å². The van der Waals surface area contributed by atoms with Crippen molar-refractivity contribution in [3.05, 3.63) is 112 Å². The van der Waals surface area contributed by atoms with E-state index >= 15 is 13.2 Å². The van der Waals surface area contributed by atoms with Crippen molar-refractivity contribution in [2.75, 3.05) is 13.7 Å². The summed E-state index contributed by atoms with van der Waals surface area (Å²) in [5, 5.41) is 1.63. The maximum Gasteiger partial charge on any atom is 0.425 e. The molecule has 0 saturated carbocycles. The zero-order chi connectivity index (χ0) is 30.9. The maximum absolute atomic E-state index is 15.1. The fraction of sp³-hybridized carbons (Fsp3) is 0.233. The van der Waals surface area contributed by atoms with E-state index in [1.807, 2.05) is 0 Å². The number of benzene rings is 3. The number of allylic oxidation sites excluding steroid dienone is 1. The fourth-order valence-corrected chi connectivity index (χ4v) is 4.77. The number of nitrogens with zero attached hydrogens (tertiary/aromatic N) is 1. The Morgan fingerprint density at radius 1 is 0.881 bits per heavy atom. The number of rotatable bonds is 8. The Kier molecular flexibility index (Phi) is 8.20. The third-order valence-corrected chi connectivity index (χ3v) is 6.93. The number of methoxy groups -OCH3 is 1. The van der Waals surface area contributed by atoms with Gasteiger partial charge in [-0.15, -0.1) is 0 Å². The van der Waals surface area contributed by atoms with Crippen molar-refractivity contribution in [1.29, 1.82) is 0 Å². The first-order chi connectivity index (χ1) is 19.7. The van der Waals surface area contributed by atoms with Gasteiger partial charge in [0.25, 0.3) is 11.8 Å². The lowest BCUT2D eigenvalue weighted by atomic mass is 9.84. The summed E-state index contributed by atoms with van der Waals surface area (Å²) >= 11 is 0. The minimum Gasteiger partial charge on any atom is -0.497 e. The van der Waals surface area contributed by atoms with Gasteiger partial charge in [-0.25, -0.2) is 0 Å². The number of ketones is 1. The molecule has 1 N–H and O–H groups in total. The number of Topliss-reactive ketones (excluding diaryl/α,β-unsaturated/α-hetero) is 1. The van der Waals surface area contributed by atoms with Crippen LogP contribution < -0.4 is 10.1 Å². The first-order valence-corrected chi connectivity index (χ1v) is 12.5. The fourth-order valence-electron chi connectivity index (χ4n) is 4.77. The topological polar surface area (TPSA) is 75.7 Å². The first-order valence-electron chi connectivity index (χ1n) is 12.5. The molecule has 0 radical (unpaired) electrons. The molecule has 0 bridgehead atoms. The highest BCUT2D eigenvalue weighted by Crippen LogP contribution is 2.46. The Bertz CT molecular complexity index is 1530. The van der Waals surface area contributed by atoms with Gasteiger partial charge in [-0.05, 0) is 49.2 Å². The molecule has 4 rings (SSSR count). The summed E-state index contributed by atoms with van der Waals surface area (Å²) in [6, 6.07) is 16.2. The van der Waals surface area contributed by atoms with E-state index in [0.717, 1.165) is 24.0 Å². The highest BCUT2D eigenvalue weighted by atomic mass is 19.4. The van der Waals surface area contributed by atoms with Crippen molar-refractivity contribution in [2.24, 2.45) is 0 Å². The number of ether oxygens (including phenoxy) is 1. The molecule has 1 atom stereocenters. The van der Waals surface area contributed by atoms with Gasteiger partial charge in [0.1, 0.15) is 5.75 Å². The van der Waals surface area contributed by atoms with Crippen LogP contribution in [0.3, 0.4) is 0 Å². The molecule has 6 nitrogen and oxygen atoms in total. The van der Waals surface area contributed by atoms with Crippen molar-refractivity contribution in [1.82, 2.24) is 10.2 Å². The SMILES string of the molecule is COc1ccc(CCN2C(=O)[C@@](NC(=O)c3cccc(C(F)(F)F)c3)(C(F)(F)F)C(C(=O)c3ccccc3)=C2C)cc1.